The molecule has 110 valence electrons. The summed E-state index contributed by atoms with van der Waals surface area (Å²) in [5.74, 6) is 0.127. The van der Waals surface area contributed by atoms with Crippen molar-refractivity contribution in [1.29, 1.82) is 0 Å². The molecule has 4 N–H and O–H groups in total. The highest BCUT2D eigenvalue weighted by Gasteiger charge is 2.28. The van der Waals surface area contributed by atoms with Crippen LogP contribution >= 0.6 is 0 Å². The van der Waals surface area contributed by atoms with Crippen molar-refractivity contribution in [3.8, 4) is 0 Å². The molecule has 2 heterocycles. The summed E-state index contributed by atoms with van der Waals surface area (Å²) in [4.78, 5) is 20.3. The van der Waals surface area contributed by atoms with E-state index < -0.39 is 4.92 Å². The molecule has 10 nitrogen and oxygen atoms in total. The molecule has 1 aromatic rings. The fourth-order valence-corrected chi connectivity index (χ4v) is 1.88. The predicted molar refractivity (Wildman–Crippen MR) is 71.7 cm³/mol. The molecule has 2 rings (SSSR count). The number of anilines is 3. The summed E-state index contributed by atoms with van der Waals surface area (Å²) in [5, 5.41) is 22.7. The fraction of sp³-hybridized carbons (Fsp3) is 0.600. The van der Waals surface area contributed by atoms with Gasteiger partial charge in [-0.15, -0.1) is 0 Å². The number of nitrogens with one attached hydrogen (secondary N) is 1. The zero-order valence-electron chi connectivity index (χ0n) is 10.8. The highest BCUT2D eigenvalue weighted by Crippen LogP contribution is 2.32. The summed E-state index contributed by atoms with van der Waals surface area (Å²) >= 11 is 0. The standard InChI is InChI=1S/C10H16N6O4/c11-8-7(16(18)19)9(15-2-5-20-6-3-15)14-10(13-8)12-1-4-17/h17H,1-6H2,(H3,11,12,13,14). The van der Waals surface area contributed by atoms with E-state index in [1.54, 1.807) is 4.90 Å². The SMILES string of the molecule is Nc1nc(NCCO)nc(N2CCOCC2)c1[N+](=O)[O-]. The van der Waals surface area contributed by atoms with Crippen LogP contribution in [0.5, 0.6) is 0 Å². The lowest BCUT2D eigenvalue weighted by Gasteiger charge is -2.27. The maximum atomic E-state index is 11.1. The number of morpholine rings is 1. The number of nitro groups is 1. The van der Waals surface area contributed by atoms with E-state index in [9.17, 15) is 10.1 Å². The van der Waals surface area contributed by atoms with Crippen molar-refractivity contribution in [1.82, 2.24) is 9.97 Å². The molecule has 1 fully saturated rings. The molecule has 1 aliphatic rings. The van der Waals surface area contributed by atoms with Crippen molar-refractivity contribution in [2.75, 3.05) is 55.4 Å². The van der Waals surface area contributed by atoms with Gasteiger partial charge >= 0.3 is 5.69 Å². The van der Waals surface area contributed by atoms with Crippen molar-refractivity contribution in [2.24, 2.45) is 0 Å². The van der Waals surface area contributed by atoms with Gasteiger partial charge < -0.3 is 25.8 Å². The molecule has 1 aliphatic heterocycles. The first-order chi connectivity index (χ1) is 9.63. The van der Waals surface area contributed by atoms with E-state index in [1.807, 2.05) is 0 Å². The van der Waals surface area contributed by atoms with E-state index >= 15 is 0 Å². The Morgan fingerprint density at radius 2 is 2.15 bits per heavy atom. The monoisotopic (exact) mass is 284 g/mol. The topological polar surface area (TPSA) is 140 Å². The van der Waals surface area contributed by atoms with Crippen LogP contribution in [-0.4, -0.2) is 59.5 Å². The minimum Gasteiger partial charge on any atom is -0.395 e. The van der Waals surface area contributed by atoms with Gasteiger partial charge in [-0.05, 0) is 0 Å². The Morgan fingerprint density at radius 3 is 2.75 bits per heavy atom. The molecule has 20 heavy (non-hydrogen) atoms. The van der Waals surface area contributed by atoms with Crippen LogP contribution in [0.15, 0.2) is 0 Å². The molecule has 0 unspecified atom stereocenters. The van der Waals surface area contributed by atoms with Crippen LogP contribution in [0.25, 0.3) is 0 Å². The number of aliphatic hydroxyl groups excluding tert-OH is 1. The maximum Gasteiger partial charge on any atom is 0.353 e. The second kappa shape index (κ2) is 6.30. The van der Waals surface area contributed by atoms with E-state index in [1.165, 1.54) is 0 Å². The summed E-state index contributed by atoms with van der Waals surface area (Å²) in [5.41, 5.74) is 5.34. The van der Waals surface area contributed by atoms with E-state index in [0.29, 0.717) is 26.3 Å². The number of nitrogens with zero attached hydrogens (tertiary/aromatic N) is 4. The quantitative estimate of drug-likeness (QED) is 0.468. The summed E-state index contributed by atoms with van der Waals surface area (Å²) in [6.07, 6.45) is 0. The molecular formula is C10H16N6O4. The zero-order valence-corrected chi connectivity index (χ0v) is 10.8. The molecule has 0 aromatic carbocycles. The first kappa shape index (κ1) is 14.2. The van der Waals surface area contributed by atoms with Gasteiger partial charge in [0.15, 0.2) is 0 Å². The van der Waals surface area contributed by atoms with E-state index in [0.717, 1.165) is 0 Å². The minimum atomic E-state index is -0.587. The second-order valence-corrected chi connectivity index (χ2v) is 4.11. The molecule has 0 saturated carbocycles. The number of ether oxygens (including phenoxy) is 1. The minimum absolute atomic E-state index is 0.104. The van der Waals surface area contributed by atoms with Crippen LogP contribution in [0, 0.1) is 10.1 Å². The first-order valence-corrected chi connectivity index (χ1v) is 6.13. The molecule has 1 aromatic heterocycles. The molecule has 0 amide bonds. The molecule has 0 spiro atoms. The highest BCUT2D eigenvalue weighted by atomic mass is 16.6. The Bertz CT molecular complexity index is 491. The molecular weight excluding hydrogens is 268 g/mol. The van der Waals surface area contributed by atoms with Crippen molar-refractivity contribution in [3.63, 3.8) is 0 Å². The third-order valence-corrected chi connectivity index (χ3v) is 2.78. The van der Waals surface area contributed by atoms with Gasteiger partial charge in [-0.25, -0.2) is 0 Å². The number of aromatic nitrogens is 2. The molecule has 1 saturated heterocycles. The third kappa shape index (κ3) is 3.03. The summed E-state index contributed by atoms with van der Waals surface area (Å²) < 4.78 is 5.21. The number of nitrogen functional groups attached to an aromatic ring is 1. The van der Waals surface area contributed by atoms with E-state index in [-0.39, 0.29) is 36.4 Å². The maximum absolute atomic E-state index is 11.1. The Hall–Kier alpha value is -2.20. The zero-order chi connectivity index (χ0) is 14.5. The van der Waals surface area contributed by atoms with Crippen LogP contribution in [0.2, 0.25) is 0 Å². The average Bonchev–Trinajstić information content (AvgIpc) is 2.45. The molecule has 0 bridgehead atoms. The van der Waals surface area contributed by atoms with Gasteiger partial charge in [0.1, 0.15) is 0 Å². The Balaban J connectivity index is 2.38. The number of rotatable bonds is 5. The smallest absolute Gasteiger partial charge is 0.353 e. The van der Waals surface area contributed by atoms with Gasteiger partial charge in [-0.2, -0.15) is 9.97 Å². The normalized spacial score (nSPS) is 15.2. The summed E-state index contributed by atoms with van der Waals surface area (Å²) in [6.45, 7) is 2.07. The van der Waals surface area contributed by atoms with Crippen molar-refractivity contribution >= 4 is 23.3 Å². The number of hydrogen-bond acceptors (Lipinski definition) is 9. The van der Waals surface area contributed by atoms with Gasteiger partial charge in [0, 0.05) is 19.6 Å². The van der Waals surface area contributed by atoms with Crippen LogP contribution in [0.1, 0.15) is 0 Å². The van der Waals surface area contributed by atoms with Gasteiger partial charge in [0.05, 0.1) is 24.7 Å². The van der Waals surface area contributed by atoms with Crippen molar-refractivity contribution < 1.29 is 14.8 Å². The van der Waals surface area contributed by atoms with Crippen LogP contribution in [0.4, 0.5) is 23.3 Å². The third-order valence-electron chi connectivity index (χ3n) is 2.78. The van der Waals surface area contributed by atoms with Crippen molar-refractivity contribution in [2.45, 2.75) is 0 Å². The molecule has 10 heteroatoms. The fourth-order valence-electron chi connectivity index (χ4n) is 1.88. The highest BCUT2D eigenvalue weighted by molar-refractivity contribution is 5.71. The van der Waals surface area contributed by atoms with E-state index in [2.05, 4.69) is 15.3 Å². The Kier molecular flexibility index (Phi) is 4.48. The lowest BCUT2D eigenvalue weighted by atomic mass is 10.3. The Morgan fingerprint density at radius 1 is 1.45 bits per heavy atom. The second-order valence-electron chi connectivity index (χ2n) is 4.11. The first-order valence-electron chi connectivity index (χ1n) is 6.13. The van der Waals surface area contributed by atoms with Gasteiger partial charge in [-0.1, -0.05) is 0 Å². The number of aliphatic hydroxyl groups is 1. The number of hydrogen-bond donors (Lipinski definition) is 3. The Labute approximate surface area is 114 Å². The lowest BCUT2D eigenvalue weighted by Crippen LogP contribution is -2.37. The average molecular weight is 284 g/mol. The van der Waals surface area contributed by atoms with Crippen molar-refractivity contribution in [3.05, 3.63) is 10.1 Å². The van der Waals surface area contributed by atoms with Gasteiger partial charge in [-0.3, -0.25) is 10.1 Å². The molecule has 0 radical (unpaired) electrons. The van der Waals surface area contributed by atoms with Gasteiger partial charge in [0.25, 0.3) is 0 Å². The largest absolute Gasteiger partial charge is 0.395 e. The summed E-state index contributed by atoms with van der Waals surface area (Å²) in [7, 11) is 0. The number of nitrogens with two attached hydrogens (primary N) is 1. The lowest BCUT2D eigenvalue weighted by molar-refractivity contribution is -0.383. The van der Waals surface area contributed by atoms with Crippen LogP contribution in [0.3, 0.4) is 0 Å². The van der Waals surface area contributed by atoms with Crippen LogP contribution in [-0.2, 0) is 4.74 Å². The summed E-state index contributed by atoms with van der Waals surface area (Å²) in [6, 6.07) is 0. The molecule has 0 aliphatic carbocycles. The van der Waals surface area contributed by atoms with Crippen LogP contribution < -0.4 is 16.0 Å². The van der Waals surface area contributed by atoms with Gasteiger partial charge in [0.2, 0.25) is 17.6 Å². The van der Waals surface area contributed by atoms with E-state index in [4.69, 9.17) is 15.6 Å². The predicted octanol–water partition coefficient (Wildman–Crippen LogP) is -0.792. The molecule has 0 atom stereocenters.